The van der Waals surface area contributed by atoms with E-state index in [9.17, 15) is 4.79 Å². The van der Waals surface area contributed by atoms with Crippen molar-refractivity contribution in [1.82, 2.24) is 34.8 Å². The molecule has 3 fully saturated rings. The zero-order valence-corrected chi connectivity index (χ0v) is 23.7. The first kappa shape index (κ1) is 25.3. The number of aryl methyl sites for hydroxylation is 3. The first-order valence-electron chi connectivity index (χ1n) is 14.2. The van der Waals surface area contributed by atoms with Gasteiger partial charge in [-0.25, -0.2) is 4.98 Å². The van der Waals surface area contributed by atoms with Gasteiger partial charge in [-0.1, -0.05) is 0 Å². The van der Waals surface area contributed by atoms with E-state index in [1.54, 1.807) is 0 Å². The summed E-state index contributed by atoms with van der Waals surface area (Å²) in [6.07, 6.45) is 10.3. The molecule has 38 heavy (non-hydrogen) atoms. The number of carbonyl (C=O) groups excluding carboxylic acids is 1. The summed E-state index contributed by atoms with van der Waals surface area (Å²) in [6.45, 7) is 7.90. The van der Waals surface area contributed by atoms with Crippen LogP contribution in [-0.2, 0) is 31.4 Å². The van der Waals surface area contributed by atoms with Crippen molar-refractivity contribution < 1.29 is 4.79 Å². The summed E-state index contributed by atoms with van der Waals surface area (Å²) >= 11 is 0. The second-order valence-electron chi connectivity index (χ2n) is 12.5. The number of amides is 1. The Bertz CT molecular complexity index is 1340. The lowest BCUT2D eigenvalue weighted by Crippen LogP contribution is -2.57. The third-order valence-corrected chi connectivity index (χ3v) is 9.56. The Balaban J connectivity index is 1.16. The maximum Gasteiger partial charge on any atom is 0.221 e. The summed E-state index contributed by atoms with van der Waals surface area (Å²) < 4.78 is 4.22. The highest BCUT2D eigenvalue weighted by molar-refractivity contribution is 5.89. The lowest BCUT2D eigenvalue weighted by Gasteiger charge is -2.53. The maximum absolute atomic E-state index is 12.6. The Hall–Kier alpha value is -2.94. The van der Waals surface area contributed by atoms with Gasteiger partial charge in [-0.3, -0.25) is 14.2 Å². The van der Waals surface area contributed by atoms with E-state index in [0.717, 1.165) is 74.3 Å². The predicted molar refractivity (Wildman–Crippen MR) is 149 cm³/mol. The van der Waals surface area contributed by atoms with Crippen LogP contribution >= 0.6 is 0 Å². The number of nitrogens with one attached hydrogen (secondary N) is 1. The average Bonchev–Trinajstić information content (AvgIpc) is 3.42. The minimum absolute atomic E-state index is 0.0193. The van der Waals surface area contributed by atoms with Crippen molar-refractivity contribution in [3.63, 3.8) is 0 Å². The minimum atomic E-state index is 0.0193. The Morgan fingerprint density at radius 2 is 1.87 bits per heavy atom. The van der Waals surface area contributed by atoms with E-state index >= 15 is 0 Å². The lowest BCUT2D eigenvalue weighted by atomic mass is 9.57. The van der Waals surface area contributed by atoms with Crippen LogP contribution in [0.25, 0.3) is 11.0 Å². The van der Waals surface area contributed by atoms with E-state index in [4.69, 9.17) is 10.1 Å². The third kappa shape index (κ3) is 4.48. The molecule has 0 unspecified atom stereocenters. The molecule has 0 radical (unpaired) electrons. The molecule has 0 saturated heterocycles. The van der Waals surface area contributed by atoms with Gasteiger partial charge in [0, 0.05) is 68.6 Å². The molecule has 9 heteroatoms. The van der Waals surface area contributed by atoms with Crippen molar-refractivity contribution in [1.29, 1.82) is 0 Å². The fraction of sp³-hybridized carbons (Fsp3) is 0.655. The van der Waals surface area contributed by atoms with Gasteiger partial charge in [0.1, 0.15) is 0 Å². The Morgan fingerprint density at radius 1 is 1.13 bits per heavy atom. The van der Waals surface area contributed by atoms with Crippen LogP contribution in [-0.4, -0.2) is 68.1 Å². The third-order valence-electron chi connectivity index (χ3n) is 9.56. The number of hydrogen-bond acceptors (Lipinski definition) is 6. The van der Waals surface area contributed by atoms with Crippen LogP contribution in [0.2, 0.25) is 0 Å². The van der Waals surface area contributed by atoms with Crippen LogP contribution in [0.4, 0.5) is 5.69 Å². The van der Waals surface area contributed by atoms with Gasteiger partial charge in [0.15, 0.2) is 5.65 Å². The average molecular weight is 519 g/mol. The standard InChI is InChI=1S/C29H42N8O/c1-20-16-25(22-17-30-35(5)27(22)31-20)36-15-6-24-23(18-36)21(2)33-37(24)19-28-8-11-29(12-9-28,13-10-28)32-26(38)7-14-34(3)4/h16-17H,6-15,18-19H2,1-5H3,(H,32,38). The molecule has 1 N–H and O–H groups in total. The molecule has 9 nitrogen and oxygen atoms in total. The number of hydrogen-bond donors (Lipinski definition) is 1. The molecule has 0 spiro atoms. The van der Waals surface area contributed by atoms with Crippen molar-refractivity contribution in [3.8, 4) is 0 Å². The summed E-state index contributed by atoms with van der Waals surface area (Å²) in [5, 5.41) is 14.1. The lowest BCUT2D eigenvalue weighted by molar-refractivity contribution is -0.125. The summed E-state index contributed by atoms with van der Waals surface area (Å²) in [5.41, 5.74) is 7.47. The second-order valence-corrected chi connectivity index (χ2v) is 12.5. The summed E-state index contributed by atoms with van der Waals surface area (Å²) in [5.74, 6) is 0.211. The van der Waals surface area contributed by atoms with Gasteiger partial charge in [-0.15, -0.1) is 0 Å². The zero-order valence-electron chi connectivity index (χ0n) is 23.7. The van der Waals surface area contributed by atoms with Crippen LogP contribution in [0.5, 0.6) is 0 Å². The molecule has 204 valence electrons. The summed E-state index contributed by atoms with van der Waals surface area (Å²) in [6, 6.07) is 2.20. The van der Waals surface area contributed by atoms with Gasteiger partial charge >= 0.3 is 0 Å². The number of carbonyl (C=O) groups is 1. The zero-order chi connectivity index (χ0) is 26.7. The number of anilines is 1. The van der Waals surface area contributed by atoms with Crippen molar-refractivity contribution in [2.45, 2.75) is 83.8 Å². The summed E-state index contributed by atoms with van der Waals surface area (Å²) in [4.78, 5) is 21.9. The molecule has 3 aromatic rings. The Labute approximate surface area is 225 Å². The van der Waals surface area contributed by atoms with Gasteiger partial charge in [0.2, 0.25) is 5.91 Å². The molecule has 2 bridgehead atoms. The number of nitrogens with zero attached hydrogens (tertiary/aromatic N) is 7. The first-order chi connectivity index (χ1) is 18.2. The van der Waals surface area contributed by atoms with Crippen molar-refractivity contribution in [2.75, 3.05) is 32.1 Å². The van der Waals surface area contributed by atoms with Crippen LogP contribution in [0.1, 0.15) is 67.6 Å². The van der Waals surface area contributed by atoms with E-state index in [1.165, 1.54) is 36.2 Å². The van der Waals surface area contributed by atoms with Crippen LogP contribution in [0.3, 0.4) is 0 Å². The molecule has 7 rings (SSSR count). The normalized spacial score (nSPS) is 24.8. The molecule has 3 aliphatic carbocycles. The topological polar surface area (TPSA) is 84.1 Å². The fourth-order valence-corrected chi connectivity index (χ4v) is 7.17. The van der Waals surface area contributed by atoms with E-state index in [0.29, 0.717) is 11.8 Å². The monoisotopic (exact) mass is 518 g/mol. The molecule has 3 aromatic heterocycles. The molecular weight excluding hydrogens is 476 g/mol. The number of rotatable bonds is 7. The van der Waals surface area contributed by atoms with Crippen LogP contribution in [0.15, 0.2) is 12.3 Å². The molecule has 0 atom stereocenters. The SMILES string of the molecule is Cc1cc(N2CCc3c(c(C)nn3CC34CCC(NC(=O)CCN(C)C)(CC3)CC4)C2)c2cnn(C)c2n1. The second kappa shape index (κ2) is 9.36. The molecule has 0 aromatic carbocycles. The highest BCUT2D eigenvalue weighted by Gasteiger charge is 2.49. The molecular formula is C29H42N8O. The molecule has 1 amide bonds. The molecule has 1 aliphatic heterocycles. The highest BCUT2D eigenvalue weighted by Crippen LogP contribution is 2.53. The smallest absolute Gasteiger partial charge is 0.221 e. The van der Waals surface area contributed by atoms with Gasteiger partial charge < -0.3 is 15.1 Å². The van der Waals surface area contributed by atoms with Crippen molar-refractivity contribution in [2.24, 2.45) is 12.5 Å². The van der Waals surface area contributed by atoms with Gasteiger partial charge in [-0.05, 0) is 77.9 Å². The van der Waals surface area contributed by atoms with Crippen molar-refractivity contribution >= 4 is 22.6 Å². The van der Waals surface area contributed by atoms with Crippen LogP contribution < -0.4 is 10.2 Å². The minimum Gasteiger partial charge on any atom is -0.366 e. The number of pyridine rings is 1. The highest BCUT2D eigenvalue weighted by atomic mass is 16.1. The largest absolute Gasteiger partial charge is 0.366 e. The number of fused-ring (bicyclic) bond motifs is 5. The predicted octanol–water partition coefficient (Wildman–Crippen LogP) is 3.51. The van der Waals surface area contributed by atoms with E-state index in [1.807, 2.05) is 32.0 Å². The quantitative estimate of drug-likeness (QED) is 0.515. The van der Waals surface area contributed by atoms with Crippen molar-refractivity contribution in [3.05, 3.63) is 34.9 Å². The Kier molecular flexibility index (Phi) is 6.24. The Morgan fingerprint density at radius 3 is 2.58 bits per heavy atom. The first-order valence-corrected chi connectivity index (χ1v) is 14.2. The van der Waals surface area contributed by atoms with Crippen LogP contribution in [0, 0.1) is 19.3 Å². The van der Waals surface area contributed by atoms with E-state index in [2.05, 4.69) is 44.8 Å². The van der Waals surface area contributed by atoms with E-state index in [-0.39, 0.29) is 11.4 Å². The van der Waals surface area contributed by atoms with E-state index < -0.39 is 0 Å². The molecule has 4 heterocycles. The van der Waals surface area contributed by atoms with Gasteiger partial charge in [-0.2, -0.15) is 10.2 Å². The number of aromatic nitrogens is 5. The summed E-state index contributed by atoms with van der Waals surface area (Å²) in [7, 11) is 6.00. The van der Waals surface area contributed by atoms with Gasteiger partial charge in [0.05, 0.1) is 23.0 Å². The van der Waals surface area contributed by atoms with Gasteiger partial charge in [0.25, 0.3) is 0 Å². The fourth-order valence-electron chi connectivity index (χ4n) is 7.17. The molecule has 4 aliphatic rings. The molecule has 3 saturated carbocycles. The maximum atomic E-state index is 12.6.